The van der Waals surface area contributed by atoms with Gasteiger partial charge in [0.1, 0.15) is 11.8 Å². The molecule has 0 aromatic heterocycles. The van der Waals surface area contributed by atoms with Crippen molar-refractivity contribution in [1.82, 2.24) is 5.32 Å². The topological polar surface area (TPSA) is 56.8 Å². The summed E-state index contributed by atoms with van der Waals surface area (Å²) in [6.45, 7) is 15.5. The normalized spacial score (nSPS) is 19.1. The molecule has 7 heteroatoms. The minimum atomic E-state index is -0.955. The number of hydrogen-bond acceptors (Lipinski definition) is 4. The first-order valence-corrected chi connectivity index (χ1v) is 10.3. The molecule has 29 heavy (non-hydrogen) atoms. The Morgan fingerprint density at radius 1 is 1.17 bits per heavy atom. The van der Waals surface area contributed by atoms with Crippen LogP contribution in [-0.2, 0) is 27.0 Å². The van der Waals surface area contributed by atoms with Gasteiger partial charge in [0.15, 0.2) is 0 Å². The van der Waals surface area contributed by atoms with Crippen molar-refractivity contribution >= 4 is 18.7 Å². The van der Waals surface area contributed by atoms with Crippen molar-refractivity contribution in [2.45, 2.75) is 97.8 Å². The monoisotopic (exact) mass is 407 g/mol. The van der Waals surface area contributed by atoms with Crippen molar-refractivity contribution < 1.29 is 23.2 Å². The molecule has 1 aliphatic heterocycles. The van der Waals surface area contributed by atoms with E-state index in [0.29, 0.717) is 6.42 Å². The van der Waals surface area contributed by atoms with E-state index in [-0.39, 0.29) is 13.0 Å². The lowest BCUT2D eigenvalue weighted by atomic mass is 9.77. The fourth-order valence-corrected chi connectivity index (χ4v) is 3.00. The van der Waals surface area contributed by atoms with Gasteiger partial charge < -0.3 is 19.4 Å². The van der Waals surface area contributed by atoms with Gasteiger partial charge in [-0.15, -0.1) is 0 Å². The largest absolute Gasteiger partial charge is 0.494 e. The first-order valence-electron chi connectivity index (χ1n) is 10.3. The minimum Gasteiger partial charge on any atom is -0.444 e. The number of benzene rings is 1. The van der Waals surface area contributed by atoms with Crippen molar-refractivity contribution in [3.63, 3.8) is 0 Å². The van der Waals surface area contributed by atoms with E-state index in [2.05, 4.69) is 5.32 Å². The smallest absolute Gasteiger partial charge is 0.444 e. The highest BCUT2D eigenvalue weighted by Gasteiger charge is 2.51. The molecule has 5 nitrogen and oxygen atoms in total. The summed E-state index contributed by atoms with van der Waals surface area (Å²) in [6, 6.07) is 5.74. The summed E-state index contributed by atoms with van der Waals surface area (Å²) in [5.74, 6) is 0. The Hall–Kier alpha value is -1.60. The molecule has 1 saturated heterocycles. The van der Waals surface area contributed by atoms with Crippen LogP contribution in [0.3, 0.4) is 0 Å². The Kier molecular flexibility index (Phi) is 7.06. The number of carbonyl (C=O) groups excluding carboxylic acids is 1. The van der Waals surface area contributed by atoms with E-state index in [9.17, 15) is 9.18 Å². The summed E-state index contributed by atoms with van der Waals surface area (Å²) in [6.07, 6.45) is -0.746. The van der Waals surface area contributed by atoms with Gasteiger partial charge in [0.2, 0.25) is 0 Å². The lowest BCUT2D eigenvalue weighted by Crippen LogP contribution is -2.41. The lowest BCUT2D eigenvalue weighted by Gasteiger charge is -2.32. The number of rotatable bonds is 6. The van der Waals surface area contributed by atoms with Crippen LogP contribution in [-0.4, -0.2) is 36.2 Å². The Balaban J connectivity index is 2.21. The second-order valence-electron chi connectivity index (χ2n) is 9.68. The van der Waals surface area contributed by atoms with Crippen LogP contribution in [0.4, 0.5) is 9.18 Å². The zero-order valence-electron chi connectivity index (χ0n) is 19.0. The van der Waals surface area contributed by atoms with Gasteiger partial charge in [-0.25, -0.2) is 9.18 Å². The predicted octanol–water partition coefficient (Wildman–Crippen LogP) is 4.30. The Morgan fingerprint density at radius 2 is 1.76 bits per heavy atom. The Bertz CT molecular complexity index is 714. The highest BCUT2D eigenvalue weighted by Crippen LogP contribution is 2.36. The molecule has 1 heterocycles. The molecule has 0 spiro atoms. The fourth-order valence-electron chi connectivity index (χ4n) is 3.00. The molecule has 1 unspecified atom stereocenters. The summed E-state index contributed by atoms with van der Waals surface area (Å²) in [5.41, 5.74) is 1.08. The molecule has 1 atom stereocenters. The van der Waals surface area contributed by atoms with Gasteiger partial charge in [-0.1, -0.05) is 25.1 Å². The molecule has 1 aromatic carbocycles. The second kappa shape index (κ2) is 8.64. The zero-order valence-corrected chi connectivity index (χ0v) is 19.0. The van der Waals surface area contributed by atoms with Gasteiger partial charge in [-0.2, -0.15) is 0 Å². The van der Waals surface area contributed by atoms with E-state index in [1.807, 2.05) is 73.6 Å². The van der Waals surface area contributed by atoms with E-state index in [4.69, 9.17) is 14.0 Å². The van der Waals surface area contributed by atoms with Crippen LogP contribution in [0, 0.1) is 0 Å². The molecule has 0 radical (unpaired) electrons. The van der Waals surface area contributed by atoms with Crippen LogP contribution < -0.4 is 10.8 Å². The fraction of sp³-hybridized carbons (Fsp3) is 0.682. The third kappa shape index (κ3) is 6.19. The summed E-state index contributed by atoms with van der Waals surface area (Å²) in [5, 5.41) is 2.76. The van der Waals surface area contributed by atoms with Gasteiger partial charge in [-0.05, 0) is 71.5 Å². The highest BCUT2D eigenvalue weighted by molar-refractivity contribution is 6.62. The summed E-state index contributed by atoms with van der Waals surface area (Å²) < 4.78 is 31.7. The lowest BCUT2D eigenvalue weighted by molar-refractivity contribution is 0.00578. The Morgan fingerprint density at radius 3 is 2.28 bits per heavy atom. The number of nitrogens with one attached hydrogen (secondary N) is 1. The van der Waals surface area contributed by atoms with E-state index < -0.39 is 36.2 Å². The molecule has 1 aromatic rings. The molecular weight excluding hydrogens is 372 g/mol. The number of hydrogen-bond donors (Lipinski definition) is 1. The minimum absolute atomic E-state index is 0.268. The maximum atomic E-state index is 14.2. The number of carbonyl (C=O) groups is 1. The van der Waals surface area contributed by atoms with Gasteiger partial charge in [0.25, 0.3) is 0 Å². The quantitative estimate of drug-likeness (QED) is 0.715. The van der Waals surface area contributed by atoms with Crippen LogP contribution in [0.5, 0.6) is 0 Å². The van der Waals surface area contributed by atoms with Gasteiger partial charge in [-0.3, -0.25) is 0 Å². The van der Waals surface area contributed by atoms with Crippen molar-refractivity contribution in [2.75, 3.05) is 0 Å². The molecule has 0 saturated carbocycles. The van der Waals surface area contributed by atoms with Crippen LogP contribution >= 0.6 is 0 Å². The van der Waals surface area contributed by atoms with Crippen LogP contribution in [0.25, 0.3) is 0 Å². The summed E-state index contributed by atoms with van der Waals surface area (Å²) >= 11 is 0. The maximum absolute atomic E-state index is 14.2. The molecule has 1 aliphatic rings. The van der Waals surface area contributed by atoms with Crippen molar-refractivity contribution in [2.24, 2.45) is 0 Å². The number of amides is 1. The predicted molar refractivity (Wildman–Crippen MR) is 114 cm³/mol. The average molecular weight is 407 g/mol. The van der Waals surface area contributed by atoms with Crippen LogP contribution in [0.15, 0.2) is 18.2 Å². The first kappa shape index (κ1) is 23.7. The zero-order chi connectivity index (χ0) is 22.0. The summed E-state index contributed by atoms with van der Waals surface area (Å²) in [4.78, 5) is 12.0. The van der Waals surface area contributed by atoms with Gasteiger partial charge >= 0.3 is 13.2 Å². The van der Waals surface area contributed by atoms with E-state index in [1.54, 1.807) is 0 Å². The molecule has 1 fully saturated rings. The number of alkyl carbamates (subject to hydrolysis) is 1. The molecule has 0 bridgehead atoms. The van der Waals surface area contributed by atoms with Crippen LogP contribution in [0.2, 0.25) is 0 Å². The third-order valence-electron chi connectivity index (χ3n) is 5.46. The number of ether oxygens (including phenoxy) is 1. The Labute approximate surface area is 174 Å². The van der Waals surface area contributed by atoms with E-state index in [1.165, 1.54) is 0 Å². The van der Waals surface area contributed by atoms with Crippen LogP contribution in [0.1, 0.15) is 72.9 Å². The summed E-state index contributed by atoms with van der Waals surface area (Å²) in [7, 11) is -0.508. The van der Waals surface area contributed by atoms with Crippen molar-refractivity contribution in [3.8, 4) is 0 Å². The average Bonchev–Trinajstić information content (AvgIpc) is 2.79. The number of halogens is 1. The molecule has 0 aliphatic carbocycles. The van der Waals surface area contributed by atoms with E-state index in [0.717, 1.165) is 16.6 Å². The molecule has 162 valence electrons. The SMILES string of the molecule is CCC(F)Cc1cc(B2OC(C)(C)C(C)(C)O2)ccc1CNC(=O)OC(C)(C)C. The highest BCUT2D eigenvalue weighted by atomic mass is 19.1. The van der Waals surface area contributed by atoms with Crippen molar-refractivity contribution in [3.05, 3.63) is 29.3 Å². The van der Waals surface area contributed by atoms with E-state index >= 15 is 0 Å². The molecule has 1 amide bonds. The molecule has 2 rings (SSSR count). The molecule has 1 N–H and O–H groups in total. The number of alkyl halides is 1. The molecular formula is C22H35BFNO4. The first-order chi connectivity index (χ1) is 13.2. The maximum Gasteiger partial charge on any atom is 0.494 e. The second-order valence-corrected chi connectivity index (χ2v) is 9.68. The third-order valence-corrected chi connectivity index (χ3v) is 5.46. The van der Waals surface area contributed by atoms with Gasteiger partial charge in [0.05, 0.1) is 11.2 Å². The standard InChI is InChI=1S/C22H35BFNO4/c1-9-18(24)13-16-12-17(23-28-21(5,6)22(7,8)29-23)11-10-15(16)14-25-19(26)27-20(2,3)4/h10-12,18H,9,13-14H2,1-8H3,(H,25,26). The van der Waals surface area contributed by atoms with Gasteiger partial charge in [0, 0.05) is 13.0 Å². The van der Waals surface area contributed by atoms with Crippen molar-refractivity contribution in [1.29, 1.82) is 0 Å².